The quantitative estimate of drug-likeness (QED) is 0.397. The van der Waals surface area contributed by atoms with Crippen molar-refractivity contribution in [3.05, 3.63) is 92.2 Å². The van der Waals surface area contributed by atoms with Crippen molar-refractivity contribution in [2.45, 2.75) is 25.3 Å². The fraction of sp³-hybridized carbons (Fsp3) is 0.261. The molecule has 2 heterocycles. The van der Waals surface area contributed by atoms with Crippen LogP contribution >= 0.6 is 11.3 Å². The monoisotopic (exact) mass is 422 g/mol. The number of hydrogen-bond acceptors (Lipinski definition) is 5. The number of nitro groups is 1. The van der Waals surface area contributed by atoms with Gasteiger partial charge in [0, 0.05) is 35.5 Å². The summed E-state index contributed by atoms with van der Waals surface area (Å²) < 4.78 is 5.87. The maximum absolute atomic E-state index is 12.9. The summed E-state index contributed by atoms with van der Waals surface area (Å²) in [6.07, 6.45) is 2.43. The number of ether oxygens (including phenoxy) is 1. The average molecular weight is 423 g/mol. The van der Waals surface area contributed by atoms with Crippen molar-refractivity contribution < 1.29 is 14.5 Å². The summed E-state index contributed by atoms with van der Waals surface area (Å²) in [7, 11) is 0. The Morgan fingerprint density at radius 1 is 1.17 bits per heavy atom. The van der Waals surface area contributed by atoms with Crippen LogP contribution in [-0.2, 0) is 11.2 Å². The topological polar surface area (TPSA) is 72.7 Å². The highest BCUT2D eigenvalue weighted by atomic mass is 32.1. The van der Waals surface area contributed by atoms with E-state index in [9.17, 15) is 14.9 Å². The van der Waals surface area contributed by atoms with Crippen molar-refractivity contribution in [3.63, 3.8) is 0 Å². The summed E-state index contributed by atoms with van der Waals surface area (Å²) in [4.78, 5) is 26.7. The molecule has 1 amide bonds. The van der Waals surface area contributed by atoms with Crippen LogP contribution in [0.4, 0.5) is 5.69 Å². The van der Waals surface area contributed by atoms with E-state index in [-0.39, 0.29) is 24.2 Å². The molecule has 30 heavy (non-hydrogen) atoms. The van der Waals surface area contributed by atoms with Gasteiger partial charge in [-0.1, -0.05) is 36.4 Å². The van der Waals surface area contributed by atoms with Crippen molar-refractivity contribution in [1.82, 2.24) is 4.90 Å². The Morgan fingerprint density at radius 2 is 2.00 bits per heavy atom. The summed E-state index contributed by atoms with van der Waals surface area (Å²) in [5.74, 6) is 0.444. The van der Waals surface area contributed by atoms with E-state index in [1.54, 1.807) is 17.4 Å². The van der Waals surface area contributed by atoms with Crippen LogP contribution in [0.15, 0.2) is 66.0 Å². The first-order valence-electron chi connectivity index (χ1n) is 9.89. The molecular weight excluding hydrogens is 400 g/mol. The van der Waals surface area contributed by atoms with Crippen LogP contribution in [-0.4, -0.2) is 28.9 Å². The molecule has 0 saturated carbocycles. The van der Waals surface area contributed by atoms with Gasteiger partial charge in [-0.2, -0.15) is 0 Å². The molecule has 1 aliphatic rings. The number of amides is 1. The fourth-order valence-corrected chi connectivity index (χ4v) is 4.71. The number of carbonyl (C=O) groups excluding carboxylic acids is 1. The second kappa shape index (κ2) is 9.09. The number of thiophene rings is 1. The van der Waals surface area contributed by atoms with Gasteiger partial charge in [0.15, 0.2) is 6.61 Å². The van der Waals surface area contributed by atoms with Crippen molar-refractivity contribution in [3.8, 4) is 5.75 Å². The van der Waals surface area contributed by atoms with E-state index in [1.165, 1.54) is 17.0 Å². The lowest BCUT2D eigenvalue weighted by molar-refractivity contribution is -0.384. The first kappa shape index (κ1) is 20.1. The molecule has 4 rings (SSSR count). The molecule has 1 aliphatic heterocycles. The average Bonchev–Trinajstić information content (AvgIpc) is 3.45. The van der Waals surface area contributed by atoms with E-state index in [1.807, 2.05) is 46.7 Å². The minimum atomic E-state index is -0.417. The van der Waals surface area contributed by atoms with Crippen LogP contribution in [0, 0.1) is 10.1 Å². The molecule has 3 aromatic rings. The van der Waals surface area contributed by atoms with Gasteiger partial charge in [-0.3, -0.25) is 14.9 Å². The van der Waals surface area contributed by atoms with E-state index < -0.39 is 4.92 Å². The van der Waals surface area contributed by atoms with Gasteiger partial charge >= 0.3 is 0 Å². The Balaban J connectivity index is 1.49. The number of likely N-dealkylation sites (tertiary alicyclic amines) is 1. The van der Waals surface area contributed by atoms with E-state index in [2.05, 4.69) is 6.07 Å². The second-order valence-electron chi connectivity index (χ2n) is 7.26. The van der Waals surface area contributed by atoms with Crippen molar-refractivity contribution in [1.29, 1.82) is 0 Å². The number of nitro benzene ring substituents is 1. The highest BCUT2D eigenvalue weighted by Crippen LogP contribution is 2.34. The zero-order valence-corrected chi connectivity index (χ0v) is 17.2. The Hall–Kier alpha value is -3.19. The van der Waals surface area contributed by atoms with Crippen LogP contribution < -0.4 is 4.74 Å². The molecule has 0 N–H and O–H groups in total. The van der Waals surface area contributed by atoms with E-state index in [0.717, 1.165) is 24.9 Å². The predicted molar refractivity (Wildman–Crippen MR) is 116 cm³/mol. The third kappa shape index (κ3) is 4.52. The molecule has 1 saturated heterocycles. The summed E-state index contributed by atoms with van der Waals surface area (Å²) in [5, 5.41) is 13.2. The smallest absolute Gasteiger partial charge is 0.269 e. The molecule has 1 unspecified atom stereocenters. The minimum absolute atomic E-state index is 0.0110. The highest BCUT2D eigenvalue weighted by Gasteiger charge is 2.30. The van der Waals surface area contributed by atoms with Gasteiger partial charge < -0.3 is 9.64 Å². The molecule has 2 aromatic carbocycles. The van der Waals surface area contributed by atoms with E-state index in [0.29, 0.717) is 17.7 Å². The molecule has 0 radical (unpaired) electrons. The second-order valence-corrected chi connectivity index (χ2v) is 8.24. The fourth-order valence-electron chi connectivity index (χ4n) is 3.84. The van der Waals surface area contributed by atoms with Gasteiger partial charge in [0.25, 0.3) is 11.6 Å². The summed E-state index contributed by atoms with van der Waals surface area (Å²) >= 11 is 1.67. The molecule has 1 atom stereocenters. The van der Waals surface area contributed by atoms with E-state index in [4.69, 9.17) is 4.74 Å². The Labute approximate surface area is 178 Å². The lowest BCUT2D eigenvalue weighted by Crippen LogP contribution is -2.34. The maximum atomic E-state index is 12.9. The van der Waals surface area contributed by atoms with Crippen LogP contribution in [0.3, 0.4) is 0 Å². The SMILES string of the molecule is O=C(COc1ccc([N+](=O)[O-])cc1Cc1ccccc1)N1CCCC1c1cccs1. The van der Waals surface area contributed by atoms with Crippen molar-refractivity contribution in [2.24, 2.45) is 0 Å². The number of benzene rings is 2. The van der Waals surface area contributed by atoms with Crippen LogP contribution in [0.1, 0.15) is 34.9 Å². The standard InChI is InChI=1S/C23H22N2O4S/c26-23(24-12-4-8-20(24)22-9-5-13-30-22)16-29-21-11-10-19(25(27)28)15-18(21)14-17-6-2-1-3-7-17/h1-3,5-7,9-11,13,15,20H,4,8,12,14,16H2. The molecule has 0 spiro atoms. The normalized spacial score (nSPS) is 15.9. The van der Waals surface area contributed by atoms with Crippen molar-refractivity contribution >= 4 is 22.9 Å². The van der Waals surface area contributed by atoms with Crippen LogP contribution in [0.25, 0.3) is 0 Å². The van der Waals surface area contributed by atoms with Gasteiger partial charge in [0.05, 0.1) is 11.0 Å². The lowest BCUT2D eigenvalue weighted by Gasteiger charge is -2.24. The molecule has 1 fully saturated rings. The maximum Gasteiger partial charge on any atom is 0.269 e. The van der Waals surface area contributed by atoms with Gasteiger partial charge in [-0.15, -0.1) is 11.3 Å². The molecule has 6 nitrogen and oxygen atoms in total. The zero-order valence-electron chi connectivity index (χ0n) is 16.4. The molecular formula is C23H22N2O4S. The minimum Gasteiger partial charge on any atom is -0.483 e. The Bertz CT molecular complexity index is 1020. The van der Waals surface area contributed by atoms with Crippen molar-refractivity contribution in [2.75, 3.05) is 13.2 Å². The number of carbonyl (C=O) groups is 1. The number of hydrogen-bond donors (Lipinski definition) is 0. The number of rotatable bonds is 7. The third-order valence-corrected chi connectivity index (χ3v) is 6.26. The summed E-state index contributed by atoms with van der Waals surface area (Å²) in [5.41, 5.74) is 1.72. The van der Waals surface area contributed by atoms with Gasteiger partial charge in [-0.25, -0.2) is 0 Å². The van der Waals surface area contributed by atoms with Gasteiger partial charge in [0.2, 0.25) is 0 Å². The molecule has 0 bridgehead atoms. The summed E-state index contributed by atoms with van der Waals surface area (Å²) in [6, 6.07) is 18.4. The Morgan fingerprint density at radius 3 is 2.73 bits per heavy atom. The largest absolute Gasteiger partial charge is 0.483 e. The Kier molecular flexibility index (Phi) is 6.09. The first-order valence-corrected chi connectivity index (χ1v) is 10.8. The lowest BCUT2D eigenvalue weighted by atomic mass is 10.0. The van der Waals surface area contributed by atoms with Gasteiger partial charge in [-0.05, 0) is 35.9 Å². The number of non-ortho nitro benzene ring substituents is 1. The number of nitrogens with zero attached hydrogens (tertiary/aromatic N) is 2. The molecule has 1 aromatic heterocycles. The first-order chi connectivity index (χ1) is 14.6. The zero-order chi connectivity index (χ0) is 20.9. The summed E-state index contributed by atoms with van der Waals surface area (Å²) in [6.45, 7) is 0.642. The predicted octanol–water partition coefficient (Wildman–Crippen LogP) is 4.99. The van der Waals surface area contributed by atoms with E-state index >= 15 is 0 Å². The molecule has 154 valence electrons. The molecule has 7 heteroatoms. The highest BCUT2D eigenvalue weighted by molar-refractivity contribution is 7.10. The molecule has 0 aliphatic carbocycles. The van der Waals surface area contributed by atoms with Crippen LogP contribution in [0.2, 0.25) is 0 Å². The third-order valence-electron chi connectivity index (χ3n) is 5.29. The van der Waals surface area contributed by atoms with Crippen LogP contribution in [0.5, 0.6) is 5.75 Å². The van der Waals surface area contributed by atoms with Gasteiger partial charge in [0.1, 0.15) is 5.75 Å².